The summed E-state index contributed by atoms with van der Waals surface area (Å²) in [7, 11) is 0. The van der Waals surface area contributed by atoms with E-state index in [0.717, 1.165) is 22.4 Å². The summed E-state index contributed by atoms with van der Waals surface area (Å²) >= 11 is 6.24. The van der Waals surface area contributed by atoms with Gasteiger partial charge in [0.25, 0.3) is 5.91 Å². The lowest BCUT2D eigenvalue weighted by molar-refractivity contribution is -0.112. The number of nitrogens with zero attached hydrogens (tertiary/aromatic N) is 2. The lowest BCUT2D eigenvalue weighted by Crippen LogP contribution is -2.14. The normalized spacial score (nSPS) is 11.2. The number of hydrogen-bond acceptors (Lipinski definition) is 2. The molecule has 0 saturated heterocycles. The van der Waals surface area contributed by atoms with Crippen LogP contribution in [0.2, 0.25) is 5.02 Å². The van der Waals surface area contributed by atoms with Gasteiger partial charge in [-0.15, -0.1) is 0 Å². The van der Waals surface area contributed by atoms with E-state index in [4.69, 9.17) is 11.6 Å². The van der Waals surface area contributed by atoms with Crippen molar-refractivity contribution in [2.45, 2.75) is 20.8 Å². The number of aryl methyl sites for hydroxylation is 3. The van der Waals surface area contributed by atoms with E-state index in [1.54, 1.807) is 6.08 Å². The van der Waals surface area contributed by atoms with Gasteiger partial charge >= 0.3 is 0 Å². The zero-order valence-electron chi connectivity index (χ0n) is 16.0. The molecule has 1 N–H and O–H groups in total. The van der Waals surface area contributed by atoms with Crippen LogP contribution in [-0.2, 0) is 4.79 Å². The minimum Gasteiger partial charge on any atom is -0.321 e. The Hall–Kier alpha value is -3.29. The summed E-state index contributed by atoms with van der Waals surface area (Å²) < 4.78 is 1.88. The molecule has 1 heterocycles. The fraction of sp³-hybridized carbons (Fsp3) is 0.130. The van der Waals surface area contributed by atoms with Gasteiger partial charge in [-0.1, -0.05) is 23.7 Å². The monoisotopic (exact) mass is 389 g/mol. The maximum atomic E-state index is 12.6. The number of carbonyl (C=O) groups is 1. The molecular weight excluding hydrogens is 370 g/mol. The fourth-order valence-corrected chi connectivity index (χ4v) is 2.97. The molecule has 0 unspecified atom stereocenters. The molecule has 0 bridgehead atoms. The number of hydrogen-bond donors (Lipinski definition) is 1. The quantitative estimate of drug-likeness (QED) is 0.466. The van der Waals surface area contributed by atoms with E-state index in [2.05, 4.69) is 5.32 Å². The molecule has 0 saturated carbocycles. The number of aromatic nitrogens is 1. The minimum absolute atomic E-state index is 0.0244. The summed E-state index contributed by atoms with van der Waals surface area (Å²) in [5, 5.41) is 13.0. The number of carbonyl (C=O) groups excluding carboxylic acids is 1. The van der Waals surface area contributed by atoms with Gasteiger partial charge in [0.15, 0.2) is 0 Å². The first-order valence-corrected chi connectivity index (χ1v) is 9.21. The summed E-state index contributed by atoms with van der Waals surface area (Å²) in [4.78, 5) is 12.6. The van der Waals surface area contributed by atoms with Gasteiger partial charge in [-0.3, -0.25) is 4.79 Å². The highest BCUT2D eigenvalue weighted by atomic mass is 35.5. The van der Waals surface area contributed by atoms with E-state index < -0.39 is 5.91 Å². The zero-order chi connectivity index (χ0) is 20.3. The van der Waals surface area contributed by atoms with E-state index in [0.29, 0.717) is 16.4 Å². The molecule has 0 aliphatic carbocycles. The van der Waals surface area contributed by atoms with Gasteiger partial charge in [0.05, 0.1) is 0 Å². The molecule has 5 heteroatoms. The third-order valence-electron chi connectivity index (χ3n) is 4.64. The fourth-order valence-electron chi connectivity index (χ4n) is 2.79. The van der Waals surface area contributed by atoms with Crippen molar-refractivity contribution in [3.8, 4) is 11.8 Å². The van der Waals surface area contributed by atoms with Gasteiger partial charge < -0.3 is 9.88 Å². The van der Waals surface area contributed by atoms with Crippen LogP contribution in [0.15, 0.2) is 60.3 Å². The van der Waals surface area contributed by atoms with Crippen LogP contribution in [0.4, 0.5) is 5.69 Å². The highest BCUT2D eigenvalue weighted by Crippen LogP contribution is 2.22. The Kier molecular flexibility index (Phi) is 5.67. The molecule has 4 nitrogen and oxygen atoms in total. The van der Waals surface area contributed by atoms with Gasteiger partial charge in [-0.05, 0) is 79.9 Å². The number of nitrogens with one attached hydrogen (secondary N) is 1. The SMILES string of the molecule is Cc1ccc(NC(=O)/C(C#N)=C\c2cccn2-c2ccc(C)c(Cl)c2)cc1C. The Bertz CT molecular complexity index is 1120. The average Bonchev–Trinajstić information content (AvgIpc) is 3.13. The van der Waals surface area contributed by atoms with Crippen LogP contribution in [0, 0.1) is 32.1 Å². The number of rotatable bonds is 4. The van der Waals surface area contributed by atoms with E-state index in [1.165, 1.54) is 0 Å². The molecule has 0 fully saturated rings. The zero-order valence-corrected chi connectivity index (χ0v) is 16.7. The first kappa shape index (κ1) is 19.5. The highest BCUT2D eigenvalue weighted by Gasteiger charge is 2.12. The van der Waals surface area contributed by atoms with Crippen molar-refractivity contribution in [3.05, 3.63) is 87.7 Å². The predicted octanol–water partition coefficient (Wildman–Crippen LogP) is 5.60. The molecule has 3 aromatic rings. The Morgan fingerprint density at radius 1 is 1.07 bits per heavy atom. The van der Waals surface area contributed by atoms with Crippen LogP contribution in [0.5, 0.6) is 0 Å². The van der Waals surface area contributed by atoms with Crippen molar-refractivity contribution in [3.63, 3.8) is 0 Å². The summed E-state index contributed by atoms with van der Waals surface area (Å²) in [5.74, 6) is -0.444. The number of halogens is 1. The molecule has 1 aromatic heterocycles. The Morgan fingerprint density at radius 3 is 2.50 bits per heavy atom. The Morgan fingerprint density at radius 2 is 1.82 bits per heavy atom. The van der Waals surface area contributed by atoms with Gasteiger partial charge in [-0.2, -0.15) is 5.26 Å². The van der Waals surface area contributed by atoms with Crippen LogP contribution < -0.4 is 5.32 Å². The largest absolute Gasteiger partial charge is 0.321 e. The molecule has 140 valence electrons. The number of nitriles is 1. The molecule has 0 radical (unpaired) electrons. The van der Waals surface area contributed by atoms with E-state index in [9.17, 15) is 10.1 Å². The minimum atomic E-state index is -0.444. The highest BCUT2D eigenvalue weighted by molar-refractivity contribution is 6.31. The summed E-state index contributed by atoms with van der Waals surface area (Å²) in [6.07, 6.45) is 3.44. The second-order valence-electron chi connectivity index (χ2n) is 6.66. The van der Waals surface area contributed by atoms with E-state index >= 15 is 0 Å². The standard InChI is InChI=1S/C23H20ClN3O/c1-15-6-8-19(11-17(15)3)26-23(28)18(14-25)12-20-5-4-10-27(20)21-9-7-16(2)22(24)13-21/h4-13H,1-3H3,(H,26,28)/b18-12-. The molecule has 3 rings (SSSR count). The predicted molar refractivity (Wildman–Crippen MR) is 114 cm³/mol. The third kappa shape index (κ3) is 4.16. The molecule has 1 amide bonds. The lowest BCUT2D eigenvalue weighted by Gasteiger charge is -2.10. The van der Waals surface area contributed by atoms with Crippen LogP contribution >= 0.6 is 11.6 Å². The average molecular weight is 390 g/mol. The maximum Gasteiger partial charge on any atom is 0.266 e. The Labute approximate surface area is 169 Å². The van der Waals surface area contributed by atoms with Gasteiger partial charge in [0.1, 0.15) is 11.6 Å². The third-order valence-corrected chi connectivity index (χ3v) is 5.04. The molecule has 28 heavy (non-hydrogen) atoms. The summed E-state index contributed by atoms with van der Waals surface area (Å²) in [5.41, 5.74) is 5.46. The van der Waals surface area contributed by atoms with Crippen molar-refractivity contribution in [2.24, 2.45) is 0 Å². The second-order valence-corrected chi connectivity index (χ2v) is 7.07. The second kappa shape index (κ2) is 8.16. The first-order valence-electron chi connectivity index (χ1n) is 8.83. The molecule has 0 spiro atoms. The van der Waals surface area contributed by atoms with Crippen LogP contribution in [0.3, 0.4) is 0 Å². The van der Waals surface area contributed by atoms with Crippen molar-refractivity contribution in [1.29, 1.82) is 5.26 Å². The van der Waals surface area contributed by atoms with Crippen molar-refractivity contribution < 1.29 is 4.79 Å². The van der Waals surface area contributed by atoms with Gasteiger partial charge in [-0.25, -0.2) is 0 Å². The number of benzene rings is 2. The maximum absolute atomic E-state index is 12.6. The molecule has 0 atom stereocenters. The van der Waals surface area contributed by atoms with E-state index in [1.807, 2.05) is 86.1 Å². The van der Waals surface area contributed by atoms with Crippen molar-refractivity contribution in [2.75, 3.05) is 5.32 Å². The first-order chi connectivity index (χ1) is 13.4. The van der Waals surface area contributed by atoms with Crippen molar-refractivity contribution >= 4 is 29.3 Å². The summed E-state index contributed by atoms with van der Waals surface area (Å²) in [6, 6.07) is 17.1. The smallest absolute Gasteiger partial charge is 0.266 e. The summed E-state index contributed by atoms with van der Waals surface area (Å²) in [6.45, 7) is 5.92. The lowest BCUT2D eigenvalue weighted by atomic mass is 10.1. The van der Waals surface area contributed by atoms with Gasteiger partial charge in [0, 0.05) is 28.3 Å². The van der Waals surface area contributed by atoms with Crippen LogP contribution in [-0.4, -0.2) is 10.5 Å². The number of amides is 1. The molecule has 2 aromatic carbocycles. The van der Waals surface area contributed by atoms with Crippen LogP contribution in [0.1, 0.15) is 22.4 Å². The number of anilines is 1. The Balaban J connectivity index is 1.90. The van der Waals surface area contributed by atoms with Gasteiger partial charge in [0.2, 0.25) is 0 Å². The molecule has 0 aliphatic rings. The van der Waals surface area contributed by atoms with Crippen LogP contribution in [0.25, 0.3) is 11.8 Å². The molecule has 0 aliphatic heterocycles. The van der Waals surface area contributed by atoms with E-state index in [-0.39, 0.29) is 5.57 Å². The topological polar surface area (TPSA) is 57.8 Å². The molecular formula is C23H20ClN3O. The van der Waals surface area contributed by atoms with Crippen molar-refractivity contribution in [1.82, 2.24) is 4.57 Å².